The highest BCUT2D eigenvalue weighted by atomic mass is 32.2. The van der Waals surface area contributed by atoms with Crippen molar-refractivity contribution in [2.45, 2.75) is 4.90 Å². The fourth-order valence-corrected chi connectivity index (χ4v) is 1.61. The molecule has 0 aliphatic rings. The van der Waals surface area contributed by atoms with Gasteiger partial charge in [0.1, 0.15) is 0 Å². The zero-order valence-electron chi connectivity index (χ0n) is 7.00. The Kier molecular flexibility index (Phi) is 3.47. The lowest BCUT2D eigenvalue weighted by molar-refractivity contribution is -0.387. The Morgan fingerprint density at radius 2 is 2.07 bits per heavy atom. The molecule has 0 saturated carbocycles. The smallest absolute Gasteiger partial charge is 0.282 e. The molecule has 0 atom stereocenters. The first-order valence-electron chi connectivity index (χ1n) is 3.67. The summed E-state index contributed by atoms with van der Waals surface area (Å²) in [6, 6.07) is 5.98. The Morgan fingerprint density at radius 1 is 1.43 bits per heavy atom. The number of para-hydroxylation sites is 1. The number of carbonyl (C=O) groups excluding carboxylic acids is 1. The van der Waals surface area contributed by atoms with Crippen LogP contribution in [0.3, 0.4) is 0 Å². The van der Waals surface area contributed by atoms with Crippen LogP contribution in [0.15, 0.2) is 29.2 Å². The highest BCUT2D eigenvalue weighted by Gasteiger charge is 2.11. The molecule has 1 rings (SSSR count). The number of hydrogen-bond donors (Lipinski definition) is 0. The van der Waals surface area contributed by atoms with E-state index in [0.29, 0.717) is 4.90 Å². The van der Waals surface area contributed by atoms with Crippen molar-refractivity contribution >= 4 is 23.4 Å². The van der Waals surface area contributed by atoms with Crippen LogP contribution >= 0.6 is 11.8 Å². The molecule has 0 N–H and O–H groups in total. The number of hydrogen-bond acceptors (Lipinski definition) is 5. The van der Waals surface area contributed by atoms with Crippen molar-refractivity contribution in [2.75, 3.05) is 5.75 Å². The molecule has 0 radical (unpaired) electrons. The van der Waals surface area contributed by atoms with Gasteiger partial charge in [0.15, 0.2) is 0 Å². The van der Waals surface area contributed by atoms with Gasteiger partial charge >= 0.3 is 0 Å². The summed E-state index contributed by atoms with van der Waals surface area (Å²) in [5.74, 6) is -1.53. The molecule has 5 nitrogen and oxygen atoms in total. The normalized spacial score (nSPS) is 9.71. The molecule has 0 heterocycles. The Bertz CT molecular complexity index is 366. The first kappa shape index (κ1) is 10.5. The highest BCUT2D eigenvalue weighted by molar-refractivity contribution is 8.00. The van der Waals surface area contributed by atoms with Crippen LogP contribution in [0.5, 0.6) is 0 Å². The number of carboxylic acid groups (broad SMARTS) is 1. The van der Waals surface area contributed by atoms with Crippen LogP contribution in [0.4, 0.5) is 5.69 Å². The number of nitro benzene ring substituents is 1. The molecule has 0 aliphatic carbocycles. The number of nitrogens with zero attached hydrogens (tertiary/aromatic N) is 1. The molecule has 0 unspecified atom stereocenters. The van der Waals surface area contributed by atoms with Crippen LogP contribution in [0.2, 0.25) is 0 Å². The first-order valence-corrected chi connectivity index (χ1v) is 4.66. The minimum Gasteiger partial charge on any atom is -0.549 e. The maximum Gasteiger partial charge on any atom is 0.282 e. The third kappa shape index (κ3) is 2.74. The van der Waals surface area contributed by atoms with Crippen LogP contribution in [-0.4, -0.2) is 16.6 Å². The van der Waals surface area contributed by atoms with Crippen LogP contribution in [0.25, 0.3) is 0 Å². The zero-order valence-corrected chi connectivity index (χ0v) is 7.82. The van der Waals surface area contributed by atoms with Gasteiger partial charge in [0.05, 0.1) is 15.8 Å². The predicted molar refractivity (Wildman–Crippen MR) is 48.8 cm³/mol. The lowest BCUT2D eigenvalue weighted by atomic mass is 10.3. The van der Waals surface area contributed by atoms with Crippen LogP contribution in [0, 0.1) is 10.1 Å². The number of carboxylic acids is 1. The summed E-state index contributed by atoms with van der Waals surface area (Å²) in [7, 11) is 0. The lowest BCUT2D eigenvalue weighted by Gasteiger charge is -2.02. The van der Waals surface area contributed by atoms with Crippen molar-refractivity contribution in [3.05, 3.63) is 34.4 Å². The predicted octanol–water partition coefficient (Wildman–Crippen LogP) is 0.437. The minimum atomic E-state index is -1.24. The SMILES string of the molecule is O=C([O-])CSc1ccccc1[N+](=O)[O-]. The van der Waals surface area contributed by atoms with E-state index in [0.717, 1.165) is 11.8 Å². The Hall–Kier alpha value is -1.56. The fraction of sp³-hybridized carbons (Fsp3) is 0.125. The Morgan fingerprint density at radius 3 is 2.64 bits per heavy atom. The number of aliphatic carboxylic acids is 1. The second-order valence-corrected chi connectivity index (χ2v) is 3.40. The van der Waals surface area contributed by atoms with E-state index in [2.05, 4.69) is 0 Å². The van der Waals surface area contributed by atoms with E-state index in [1.165, 1.54) is 18.2 Å². The van der Waals surface area contributed by atoms with Gasteiger partial charge in [-0.05, 0) is 6.07 Å². The van der Waals surface area contributed by atoms with E-state index < -0.39 is 10.9 Å². The van der Waals surface area contributed by atoms with E-state index in [4.69, 9.17) is 0 Å². The molecular formula is C8H6NO4S-. The minimum absolute atomic E-state index is 0.0845. The first-order chi connectivity index (χ1) is 6.61. The standard InChI is InChI=1S/C8H7NO4S/c10-8(11)5-14-7-4-2-1-3-6(7)9(12)13/h1-4H,5H2,(H,10,11)/p-1. The monoisotopic (exact) mass is 212 g/mol. The second kappa shape index (κ2) is 4.61. The molecule has 0 aliphatic heterocycles. The molecule has 0 fully saturated rings. The van der Waals surface area contributed by atoms with Crippen molar-refractivity contribution in [1.29, 1.82) is 0 Å². The fourth-order valence-electron chi connectivity index (χ4n) is 0.867. The molecule has 14 heavy (non-hydrogen) atoms. The van der Waals surface area contributed by atoms with Gasteiger partial charge in [0.2, 0.25) is 0 Å². The van der Waals surface area contributed by atoms with Crippen LogP contribution in [-0.2, 0) is 4.79 Å². The number of rotatable bonds is 4. The molecule has 6 heteroatoms. The number of carbonyl (C=O) groups is 1. The quantitative estimate of drug-likeness (QED) is 0.410. The van der Waals surface area contributed by atoms with Gasteiger partial charge in [0, 0.05) is 11.8 Å². The van der Waals surface area contributed by atoms with Crippen molar-refractivity contribution in [1.82, 2.24) is 0 Å². The Labute approximate surface area is 83.9 Å². The summed E-state index contributed by atoms with van der Waals surface area (Å²) >= 11 is 0.880. The Balaban J connectivity index is 2.84. The molecule has 74 valence electrons. The highest BCUT2D eigenvalue weighted by Crippen LogP contribution is 2.27. The molecule has 0 spiro atoms. The summed E-state index contributed by atoms with van der Waals surface area (Å²) in [5, 5.41) is 20.6. The zero-order chi connectivity index (χ0) is 10.6. The molecule has 1 aromatic carbocycles. The van der Waals surface area contributed by atoms with E-state index >= 15 is 0 Å². The molecule has 0 aromatic heterocycles. The number of thioether (sulfide) groups is 1. The van der Waals surface area contributed by atoms with Crippen molar-refractivity contribution in [3.8, 4) is 0 Å². The largest absolute Gasteiger partial charge is 0.549 e. The van der Waals surface area contributed by atoms with Gasteiger partial charge < -0.3 is 9.90 Å². The van der Waals surface area contributed by atoms with Crippen LogP contribution in [0.1, 0.15) is 0 Å². The average Bonchev–Trinajstić information content (AvgIpc) is 2.15. The van der Waals surface area contributed by atoms with Crippen LogP contribution < -0.4 is 5.11 Å². The van der Waals surface area contributed by atoms with Gasteiger partial charge in [-0.2, -0.15) is 0 Å². The maximum atomic E-state index is 10.5. The lowest BCUT2D eigenvalue weighted by Crippen LogP contribution is -2.24. The summed E-state index contributed by atoms with van der Waals surface area (Å²) in [5.41, 5.74) is -0.0845. The van der Waals surface area contributed by atoms with Gasteiger partial charge in [-0.1, -0.05) is 12.1 Å². The van der Waals surface area contributed by atoms with E-state index in [1.807, 2.05) is 0 Å². The molecule has 0 saturated heterocycles. The van der Waals surface area contributed by atoms with Crippen molar-refractivity contribution < 1.29 is 14.8 Å². The summed E-state index contributed by atoms with van der Waals surface area (Å²) in [6.07, 6.45) is 0. The van der Waals surface area contributed by atoms with Gasteiger partial charge in [-0.25, -0.2) is 0 Å². The van der Waals surface area contributed by atoms with E-state index in [9.17, 15) is 20.0 Å². The third-order valence-corrected chi connectivity index (χ3v) is 2.44. The van der Waals surface area contributed by atoms with Gasteiger partial charge in [0.25, 0.3) is 5.69 Å². The summed E-state index contributed by atoms with van der Waals surface area (Å²) < 4.78 is 0. The third-order valence-electron chi connectivity index (χ3n) is 1.41. The maximum absolute atomic E-state index is 10.5. The van der Waals surface area contributed by atoms with E-state index in [-0.39, 0.29) is 11.4 Å². The molecule has 0 bridgehead atoms. The van der Waals surface area contributed by atoms with Crippen molar-refractivity contribution in [3.63, 3.8) is 0 Å². The number of nitro groups is 1. The van der Waals surface area contributed by atoms with E-state index in [1.54, 1.807) is 6.07 Å². The number of benzene rings is 1. The molecular weight excluding hydrogens is 206 g/mol. The molecule has 1 aromatic rings. The van der Waals surface area contributed by atoms with Gasteiger partial charge in [-0.3, -0.25) is 10.1 Å². The van der Waals surface area contributed by atoms with Crippen molar-refractivity contribution in [2.24, 2.45) is 0 Å². The summed E-state index contributed by atoms with van der Waals surface area (Å²) in [6.45, 7) is 0. The van der Waals surface area contributed by atoms with Gasteiger partial charge in [-0.15, -0.1) is 11.8 Å². The molecule has 0 amide bonds. The topological polar surface area (TPSA) is 83.3 Å². The average molecular weight is 212 g/mol. The summed E-state index contributed by atoms with van der Waals surface area (Å²) in [4.78, 5) is 20.4. The second-order valence-electron chi connectivity index (χ2n) is 2.39.